The predicted octanol–water partition coefficient (Wildman–Crippen LogP) is 2.90. The monoisotopic (exact) mass is 264 g/mol. The molecule has 1 aromatic carbocycles. The van der Waals surface area contributed by atoms with Crippen LogP contribution in [0.5, 0.6) is 11.5 Å². The summed E-state index contributed by atoms with van der Waals surface area (Å²) in [4.78, 5) is 7.62. The Morgan fingerprint density at radius 1 is 1.28 bits per heavy atom. The molecule has 0 saturated carbocycles. The van der Waals surface area contributed by atoms with Gasteiger partial charge in [-0.2, -0.15) is 0 Å². The maximum absolute atomic E-state index is 5.78. The molecule has 5 heteroatoms. The van der Waals surface area contributed by atoms with Gasteiger partial charge in [0, 0.05) is 11.3 Å². The van der Waals surface area contributed by atoms with Gasteiger partial charge in [-0.3, -0.25) is 0 Å². The van der Waals surface area contributed by atoms with Crippen LogP contribution in [0.15, 0.2) is 18.2 Å². The molecule has 0 atom stereocenters. The first kappa shape index (κ1) is 11.4. The Hall–Kier alpha value is -1.68. The molecule has 1 aromatic heterocycles. The van der Waals surface area contributed by atoms with Crippen LogP contribution in [0.25, 0.3) is 11.3 Å². The summed E-state index contributed by atoms with van der Waals surface area (Å²) in [5.41, 5.74) is 2.91. The molecule has 2 heterocycles. The molecule has 1 aliphatic rings. The number of imidazole rings is 1. The van der Waals surface area contributed by atoms with Crippen LogP contribution in [-0.2, 0) is 5.88 Å². The summed E-state index contributed by atoms with van der Waals surface area (Å²) in [5.74, 6) is 2.72. The lowest BCUT2D eigenvalue weighted by Crippen LogP contribution is -2.15. The zero-order valence-corrected chi connectivity index (χ0v) is 10.8. The zero-order chi connectivity index (χ0) is 12.5. The Bertz CT molecular complexity index is 580. The van der Waals surface area contributed by atoms with E-state index in [-0.39, 0.29) is 0 Å². The van der Waals surface area contributed by atoms with Crippen LogP contribution in [0.2, 0.25) is 0 Å². The van der Waals surface area contributed by atoms with E-state index in [9.17, 15) is 0 Å². The molecule has 0 saturated heterocycles. The Labute approximate surface area is 110 Å². The quantitative estimate of drug-likeness (QED) is 0.849. The molecule has 1 aliphatic heterocycles. The molecule has 1 N–H and O–H groups in total. The number of aromatic nitrogens is 2. The Morgan fingerprint density at radius 3 is 2.78 bits per heavy atom. The largest absolute Gasteiger partial charge is 0.486 e. The summed E-state index contributed by atoms with van der Waals surface area (Å²) in [6, 6.07) is 5.85. The van der Waals surface area contributed by atoms with Crippen LogP contribution in [0.4, 0.5) is 0 Å². The minimum Gasteiger partial charge on any atom is -0.486 e. The van der Waals surface area contributed by atoms with Gasteiger partial charge in [0.2, 0.25) is 0 Å². The summed E-state index contributed by atoms with van der Waals surface area (Å²) in [5, 5.41) is 0. The van der Waals surface area contributed by atoms with Crippen molar-refractivity contribution in [2.45, 2.75) is 12.8 Å². The minimum atomic E-state index is 0.380. The van der Waals surface area contributed by atoms with Gasteiger partial charge in [0.25, 0.3) is 0 Å². The molecule has 0 amide bonds. The fourth-order valence-corrected chi connectivity index (χ4v) is 2.18. The number of aromatic amines is 1. The van der Waals surface area contributed by atoms with Crippen molar-refractivity contribution >= 4 is 11.6 Å². The van der Waals surface area contributed by atoms with Crippen molar-refractivity contribution in [1.82, 2.24) is 9.97 Å². The van der Waals surface area contributed by atoms with E-state index in [0.29, 0.717) is 19.1 Å². The topological polar surface area (TPSA) is 47.1 Å². The summed E-state index contributed by atoms with van der Waals surface area (Å²) in [6.45, 7) is 3.17. The molecular weight excluding hydrogens is 252 g/mol. The van der Waals surface area contributed by atoms with Crippen LogP contribution < -0.4 is 9.47 Å². The lowest BCUT2D eigenvalue weighted by molar-refractivity contribution is 0.171. The van der Waals surface area contributed by atoms with Crippen LogP contribution >= 0.6 is 11.6 Å². The Balaban J connectivity index is 2.03. The number of halogens is 1. The van der Waals surface area contributed by atoms with Gasteiger partial charge in [-0.05, 0) is 25.1 Å². The van der Waals surface area contributed by atoms with Crippen molar-refractivity contribution in [2.75, 3.05) is 13.2 Å². The number of ether oxygens (including phenoxy) is 2. The first-order valence-electron chi connectivity index (χ1n) is 5.79. The molecule has 2 aromatic rings. The second-order valence-corrected chi connectivity index (χ2v) is 4.42. The molecule has 0 spiro atoms. The van der Waals surface area contributed by atoms with E-state index in [2.05, 4.69) is 9.97 Å². The van der Waals surface area contributed by atoms with E-state index in [1.165, 1.54) is 0 Å². The van der Waals surface area contributed by atoms with E-state index in [1.54, 1.807) is 0 Å². The Morgan fingerprint density at radius 2 is 2.06 bits per heavy atom. The van der Waals surface area contributed by atoms with Crippen molar-refractivity contribution in [3.63, 3.8) is 0 Å². The predicted molar refractivity (Wildman–Crippen MR) is 69.3 cm³/mol. The molecule has 94 valence electrons. The number of rotatable bonds is 2. The van der Waals surface area contributed by atoms with Crippen LogP contribution in [0, 0.1) is 6.92 Å². The second-order valence-electron chi connectivity index (χ2n) is 4.15. The number of hydrogen-bond donors (Lipinski definition) is 1. The summed E-state index contributed by atoms with van der Waals surface area (Å²) >= 11 is 5.78. The van der Waals surface area contributed by atoms with E-state index < -0.39 is 0 Å². The second kappa shape index (κ2) is 4.53. The number of aryl methyl sites for hydroxylation is 1. The highest BCUT2D eigenvalue weighted by Gasteiger charge is 2.15. The average molecular weight is 265 g/mol. The number of alkyl halides is 1. The normalized spacial score (nSPS) is 13.7. The molecule has 0 unspecified atom stereocenters. The maximum Gasteiger partial charge on any atom is 0.162 e. The summed E-state index contributed by atoms with van der Waals surface area (Å²) < 4.78 is 11.1. The lowest BCUT2D eigenvalue weighted by Gasteiger charge is -2.18. The van der Waals surface area contributed by atoms with Gasteiger partial charge < -0.3 is 14.5 Å². The number of fused-ring (bicyclic) bond motifs is 1. The van der Waals surface area contributed by atoms with Crippen LogP contribution in [-0.4, -0.2) is 23.2 Å². The van der Waals surface area contributed by atoms with Gasteiger partial charge in [-0.15, -0.1) is 11.6 Å². The molecule has 3 rings (SSSR count). The Kier molecular flexibility index (Phi) is 2.88. The van der Waals surface area contributed by atoms with Crippen molar-refractivity contribution in [1.29, 1.82) is 0 Å². The third kappa shape index (κ3) is 1.93. The SMILES string of the molecule is Cc1[nH]c(CCl)nc1-c1ccc2c(c1)OCCO2. The van der Waals surface area contributed by atoms with E-state index in [4.69, 9.17) is 21.1 Å². The fourth-order valence-electron chi connectivity index (χ4n) is 2.06. The molecular formula is C13H13ClN2O2. The van der Waals surface area contributed by atoms with Crippen molar-refractivity contribution in [3.05, 3.63) is 29.7 Å². The molecule has 4 nitrogen and oxygen atoms in total. The smallest absolute Gasteiger partial charge is 0.162 e. The van der Waals surface area contributed by atoms with E-state index in [1.807, 2.05) is 25.1 Å². The maximum atomic E-state index is 5.78. The first-order valence-corrected chi connectivity index (χ1v) is 6.33. The van der Waals surface area contributed by atoms with Crippen molar-refractivity contribution in [3.8, 4) is 22.8 Å². The van der Waals surface area contributed by atoms with E-state index in [0.717, 1.165) is 34.3 Å². The third-order valence-corrected chi connectivity index (χ3v) is 3.13. The van der Waals surface area contributed by atoms with Crippen molar-refractivity contribution < 1.29 is 9.47 Å². The summed E-state index contributed by atoms with van der Waals surface area (Å²) in [6.07, 6.45) is 0. The van der Waals surface area contributed by atoms with Gasteiger partial charge in [0.05, 0.1) is 11.6 Å². The zero-order valence-electron chi connectivity index (χ0n) is 10.00. The number of benzene rings is 1. The van der Waals surface area contributed by atoms with Gasteiger partial charge in [0.15, 0.2) is 11.5 Å². The number of hydrogen-bond acceptors (Lipinski definition) is 3. The standard InChI is InChI=1S/C13H13ClN2O2/c1-8-13(16-12(7-14)15-8)9-2-3-10-11(6-9)18-5-4-17-10/h2-3,6H,4-5,7H2,1H3,(H,15,16). The molecule has 0 fully saturated rings. The number of nitrogens with zero attached hydrogens (tertiary/aromatic N) is 1. The minimum absolute atomic E-state index is 0.380. The highest BCUT2D eigenvalue weighted by Crippen LogP contribution is 2.34. The molecule has 0 bridgehead atoms. The van der Waals surface area contributed by atoms with Gasteiger partial charge in [-0.25, -0.2) is 4.98 Å². The molecule has 0 aliphatic carbocycles. The van der Waals surface area contributed by atoms with Gasteiger partial charge in [-0.1, -0.05) is 0 Å². The lowest BCUT2D eigenvalue weighted by atomic mass is 10.1. The van der Waals surface area contributed by atoms with Gasteiger partial charge in [0.1, 0.15) is 19.0 Å². The van der Waals surface area contributed by atoms with Gasteiger partial charge >= 0.3 is 0 Å². The number of nitrogens with one attached hydrogen (secondary N) is 1. The number of H-pyrrole nitrogens is 1. The van der Waals surface area contributed by atoms with E-state index >= 15 is 0 Å². The summed E-state index contributed by atoms with van der Waals surface area (Å²) in [7, 11) is 0. The van der Waals surface area contributed by atoms with Crippen LogP contribution in [0.3, 0.4) is 0 Å². The highest BCUT2D eigenvalue weighted by molar-refractivity contribution is 6.16. The molecule has 0 radical (unpaired) electrons. The fraction of sp³-hybridized carbons (Fsp3) is 0.308. The van der Waals surface area contributed by atoms with Crippen molar-refractivity contribution in [2.24, 2.45) is 0 Å². The molecule has 18 heavy (non-hydrogen) atoms. The van der Waals surface area contributed by atoms with Crippen LogP contribution in [0.1, 0.15) is 11.5 Å². The highest BCUT2D eigenvalue weighted by atomic mass is 35.5. The third-order valence-electron chi connectivity index (χ3n) is 2.88. The average Bonchev–Trinajstić information content (AvgIpc) is 2.79. The first-order chi connectivity index (χ1) is 8.78.